The molecule has 0 spiro atoms. The molecule has 1 amide bonds. The minimum atomic E-state index is -0.0802. The number of aromatic nitrogens is 1. The quantitative estimate of drug-likeness (QED) is 0.607. The molecule has 1 aliphatic heterocycles. The van der Waals surface area contributed by atoms with E-state index in [0.29, 0.717) is 12.1 Å². The van der Waals surface area contributed by atoms with Gasteiger partial charge in [-0.2, -0.15) is 0 Å². The molecule has 1 aromatic rings. The lowest BCUT2D eigenvalue weighted by Crippen LogP contribution is -2.22. The highest BCUT2D eigenvalue weighted by Crippen LogP contribution is 2.22. The Morgan fingerprint density at radius 3 is 3.15 bits per heavy atom. The number of carbonyl (C=O) groups excluding carboxylic acids is 1. The van der Waals surface area contributed by atoms with Crippen LogP contribution in [0.15, 0.2) is 6.07 Å². The fraction of sp³-hybridized carbons (Fsp3) is 0.444. The Hall–Kier alpha value is -1.45. The second kappa shape index (κ2) is 2.80. The molecule has 1 aliphatic rings. The molecule has 0 aliphatic carbocycles. The van der Waals surface area contributed by atoms with Crippen LogP contribution in [-0.4, -0.2) is 22.1 Å². The second-order valence-electron chi connectivity index (χ2n) is 3.28. The number of hydrogen-bond donors (Lipinski definition) is 2. The topological polar surface area (TPSA) is 54.3 Å². The molecule has 2 N–H and O–H groups in total. The minimum absolute atomic E-state index is 0.0802. The Labute approximate surface area is 76.2 Å². The van der Waals surface area contributed by atoms with Crippen molar-refractivity contribution in [3.63, 3.8) is 0 Å². The van der Waals surface area contributed by atoms with Crippen molar-refractivity contribution in [2.45, 2.75) is 12.8 Å². The minimum Gasteiger partial charge on any atom is -0.494 e. The molecule has 2 heterocycles. The maximum absolute atomic E-state index is 11.4. The third-order valence-electron chi connectivity index (χ3n) is 2.45. The van der Waals surface area contributed by atoms with Crippen LogP contribution in [0.4, 0.5) is 0 Å². The van der Waals surface area contributed by atoms with Crippen molar-refractivity contribution < 1.29 is 9.90 Å². The summed E-state index contributed by atoms with van der Waals surface area (Å²) in [6.45, 7) is 0.717. The van der Waals surface area contributed by atoms with Crippen molar-refractivity contribution in [2.24, 2.45) is 7.05 Å². The SMILES string of the molecule is Cn1c(O)cc2c1CCCNC2=O. The maximum Gasteiger partial charge on any atom is 0.253 e. The van der Waals surface area contributed by atoms with Gasteiger partial charge in [0.1, 0.15) is 0 Å². The van der Waals surface area contributed by atoms with Crippen LogP contribution >= 0.6 is 0 Å². The number of nitrogens with one attached hydrogen (secondary N) is 1. The van der Waals surface area contributed by atoms with Gasteiger partial charge in [0, 0.05) is 25.4 Å². The number of amides is 1. The summed E-state index contributed by atoms with van der Waals surface area (Å²) < 4.78 is 1.67. The lowest BCUT2D eigenvalue weighted by molar-refractivity contribution is 0.0956. The van der Waals surface area contributed by atoms with E-state index in [9.17, 15) is 9.90 Å². The maximum atomic E-state index is 11.4. The Morgan fingerprint density at radius 2 is 2.38 bits per heavy atom. The number of carbonyl (C=O) groups is 1. The smallest absolute Gasteiger partial charge is 0.253 e. The Morgan fingerprint density at radius 1 is 1.62 bits per heavy atom. The highest BCUT2D eigenvalue weighted by atomic mass is 16.3. The van der Waals surface area contributed by atoms with Crippen LogP contribution < -0.4 is 5.32 Å². The normalized spacial score (nSPS) is 16.2. The van der Waals surface area contributed by atoms with Crippen LogP contribution in [0.5, 0.6) is 5.88 Å². The van der Waals surface area contributed by atoms with Crippen molar-refractivity contribution >= 4 is 5.91 Å². The summed E-state index contributed by atoms with van der Waals surface area (Å²) in [5.41, 5.74) is 1.53. The van der Waals surface area contributed by atoms with Crippen LogP contribution in [0.2, 0.25) is 0 Å². The number of aromatic hydroxyl groups is 1. The Balaban J connectivity index is 2.53. The molecule has 2 rings (SSSR count). The summed E-state index contributed by atoms with van der Waals surface area (Å²) in [4.78, 5) is 11.4. The second-order valence-corrected chi connectivity index (χ2v) is 3.28. The van der Waals surface area contributed by atoms with Gasteiger partial charge in [0.2, 0.25) is 0 Å². The van der Waals surface area contributed by atoms with E-state index in [-0.39, 0.29) is 11.8 Å². The standard InChI is InChI=1S/C9H12N2O2/c1-11-7-3-2-4-10-9(13)6(7)5-8(11)12/h5,12H,2-4H2,1H3,(H,10,13). The van der Waals surface area contributed by atoms with Gasteiger partial charge in [-0.1, -0.05) is 0 Å². The highest BCUT2D eigenvalue weighted by Gasteiger charge is 2.20. The van der Waals surface area contributed by atoms with E-state index in [0.717, 1.165) is 18.5 Å². The first kappa shape index (κ1) is 8.16. The van der Waals surface area contributed by atoms with Gasteiger partial charge in [-0.3, -0.25) is 4.79 Å². The van der Waals surface area contributed by atoms with Crippen molar-refractivity contribution in [1.29, 1.82) is 0 Å². The third-order valence-corrected chi connectivity index (χ3v) is 2.45. The van der Waals surface area contributed by atoms with Crippen molar-refractivity contribution in [2.75, 3.05) is 6.54 Å². The van der Waals surface area contributed by atoms with Gasteiger partial charge >= 0.3 is 0 Å². The molecule has 0 saturated carbocycles. The molecule has 0 fully saturated rings. The summed E-state index contributed by atoms with van der Waals surface area (Å²) >= 11 is 0. The average molecular weight is 180 g/mol. The predicted molar refractivity (Wildman–Crippen MR) is 47.7 cm³/mol. The average Bonchev–Trinajstić information content (AvgIpc) is 2.30. The number of nitrogens with zero attached hydrogens (tertiary/aromatic N) is 1. The van der Waals surface area contributed by atoms with Gasteiger partial charge in [-0.25, -0.2) is 0 Å². The first-order valence-electron chi connectivity index (χ1n) is 4.36. The third kappa shape index (κ3) is 1.18. The van der Waals surface area contributed by atoms with Crippen molar-refractivity contribution in [3.05, 3.63) is 17.3 Å². The first-order valence-corrected chi connectivity index (χ1v) is 4.36. The van der Waals surface area contributed by atoms with E-state index >= 15 is 0 Å². The van der Waals surface area contributed by atoms with E-state index in [1.165, 1.54) is 6.07 Å². The molecular formula is C9H12N2O2. The van der Waals surface area contributed by atoms with Gasteiger partial charge in [0.15, 0.2) is 5.88 Å². The zero-order valence-electron chi connectivity index (χ0n) is 7.50. The van der Waals surface area contributed by atoms with Gasteiger partial charge in [-0.15, -0.1) is 0 Å². The molecule has 1 aromatic heterocycles. The predicted octanol–water partition coefficient (Wildman–Crippen LogP) is 0.407. The molecule has 0 saturated heterocycles. The summed E-state index contributed by atoms with van der Waals surface area (Å²) in [6.07, 6.45) is 1.77. The van der Waals surface area contributed by atoms with Crippen LogP contribution in [0.1, 0.15) is 22.5 Å². The lowest BCUT2D eigenvalue weighted by Gasteiger charge is -2.01. The van der Waals surface area contributed by atoms with E-state index in [1.54, 1.807) is 11.6 Å². The number of rotatable bonds is 0. The molecule has 0 unspecified atom stereocenters. The molecule has 13 heavy (non-hydrogen) atoms. The molecular weight excluding hydrogens is 168 g/mol. The molecule has 4 heteroatoms. The van der Waals surface area contributed by atoms with Crippen LogP contribution in [0.25, 0.3) is 0 Å². The zero-order valence-corrected chi connectivity index (χ0v) is 7.50. The molecule has 0 radical (unpaired) electrons. The molecule has 0 aromatic carbocycles. The molecule has 4 nitrogen and oxygen atoms in total. The summed E-state index contributed by atoms with van der Waals surface area (Å²) in [6, 6.07) is 1.52. The van der Waals surface area contributed by atoms with Gasteiger partial charge in [0.05, 0.1) is 5.56 Å². The van der Waals surface area contributed by atoms with Crippen LogP contribution in [0.3, 0.4) is 0 Å². The zero-order chi connectivity index (χ0) is 9.42. The lowest BCUT2D eigenvalue weighted by atomic mass is 10.2. The van der Waals surface area contributed by atoms with E-state index < -0.39 is 0 Å². The summed E-state index contributed by atoms with van der Waals surface area (Å²) in [7, 11) is 1.77. The van der Waals surface area contributed by atoms with Gasteiger partial charge in [0.25, 0.3) is 5.91 Å². The van der Waals surface area contributed by atoms with Gasteiger partial charge in [-0.05, 0) is 12.8 Å². The summed E-state index contributed by atoms with van der Waals surface area (Å²) in [5, 5.41) is 12.2. The fourth-order valence-corrected chi connectivity index (χ4v) is 1.68. The van der Waals surface area contributed by atoms with E-state index in [1.807, 2.05) is 0 Å². The number of hydrogen-bond acceptors (Lipinski definition) is 2. The Kier molecular flexibility index (Phi) is 1.76. The van der Waals surface area contributed by atoms with Gasteiger partial charge < -0.3 is 15.0 Å². The molecule has 0 bridgehead atoms. The highest BCUT2D eigenvalue weighted by molar-refractivity contribution is 5.96. The van der Waals surface area contributed by atoms with Crippen LogP contribution in [0, 0.1) is 0 Å². The largest absolute Gasteiger partial charge is 0.494 e. The Bertz CT molecular complexity index is 355. The van der Waals surface area contributed by atoms with Crippen molar-refractivity contribution in [1.82, 2.24) is 9.88 Å². The van der Waals surface area contributed by atoms with Crippen LogP contribution in [-0.2, 0) is 13.5 Å². The molecule has 70 valence electrons. The fourth-order valence-electron chi connectivity index (χ4n) is 1.68. The monoisotopic (exact) mass is 180 g/mol. The number of fused-ring (bicyclic) bond motifs is 1. The van der Waals surface area contributed by atoms with Crippen molar-refractivity contribution in [3.8, 4) is 5.88 Å². The first-order chi connectivity index (χ1) is 6.20. The molecule has 0 atom stereocenters. The van der Waals surface area contributed by atoms with E-state index in [2.05, 4.69) is 5.32 Å². The summed E-state index contributed by atoms with van der Waals surface area (Å²) in [5.74, 6) is 0.0745. The van der Waals surface area contributed by atoms with E-state index in [4.69, 9.17) is 0 Å².